The number of pyridine rings is 1. The van der Waals surface area contributed by atoms with Crippen LogP contribution >= 0.6 is 0 Å². The van der Waals surface area contributed by atoms with Crippen LogP contribution in [0.15, 0.2) is 24.4 Å². The van der Waals surface area contributed by atoms with Gasteiger partial charge in [-0.1, -0.05) is 6.07 Å². The molecular weight excluding hydrogens is 256 g/mol. The Hall–Kier alpha value is -1.66. The predicted octanol–water partition coefficient (Wildman–Crippen LogP) is -0.281. The Balaban J connectivity index is 1.54. The van der Waals surface area contributed by atoms with Crippen molar-refractivity contribution in [1.29, 1.82) is 0 Å². The summed E-state index contributed by atoms with van der Waals surface area (Å²) in [6.45, 7) is 5.08. The van der Waals surface area contributed by atoms with Crippen LogP contribution in [-0.4, -0.2) is 67.8 Å². The van der Waals surface area contributed by atoms with Gasteiger partial charge in [-0.3, -0.25) is 4.79 Å². The standard InChI is InChI=1S/C14H20N4O2/c19-14(12-11-20-10-5-15-12)18-8-6-17(7-9-18)13-3-1-2-4-16-13/h1-4,12,15H,5-11H2. The molecule has 6 heteroatoms. The summed E-state index contributed by atoms with van der Waals surface area (Å²) < 4.78 is 5.35. The maximum Gasteiger partial charge on any atom is 0.242 e. The predicted molar refractivity (Wildman–Crippen MR) is 75.6 cm³/mol. The Labute approximate surface area is 118 Å². The molecule has 2 saturated heterocycles. The molecule has 1 N–H and O–H groups in total. The van der Waals surface area contributed by atoms with Crippen molar-refractivity contribution in [2.75, 3.05) is 50.8 Å². The first-order valence-electron chi connectivity index (χ1n) is 7.10. The van der Waals surface area contributed by atoms with Crippen molar-refractivity contribution in [3.05, 3.63) is 24.4 Å². The lowest BCUT2D eigenvalue weighted by atomic mass is 10.2. The molecule has 2 aliphatic heterocycles. The number of carbonyl (C=O) groups excluding carboxylic acids is 1. The van der Waals surface area contributed by atoms with Gasteiger partial charge in [0, 0.05) is 38.9 Å². The highest BCUT2D eigenvalue weighted by Gasteiger charge is 2.28. The lowest BCUT2D eigenvalue weighted by Gasteiger charge is -2.37. The van der Waals surface area contributed by atoms with Crippen LogP contribution in [0.1, 0.15) is 0 Å². The fourth-order valence-electron chi connectivity index (χ4n) is 2.64. The van der Waals surface area contributed by atoms with Crippen molar-refractivity contribution < 1.29 is 9.53 Å². The van der Waals surface area contributed by atoms with E-state index in [0.717, 1.165) is 38.5 Å². The topological polar surface area (TPSA) is 57.7 Å². The van der Waals surface area contributed by atoms with Gasteiger partial charge in [0.05, 0.1) is 13.2 Å². The maximum absolute atomic E-state index is 12.3. The molecule has 3 heterocycles. The summed E-state index contributed by atoms with van der Waals surface area (Å²) in [5.74, 6) is 1.14. The lowest BCUT2D eigenvalue weighted by Crippen LogP contribution is -2.57. The molecular formula is C14H20N4O2. The van der Waals surface area contributed by atoms with Crippen molar-refractivity contribution in [2.24, 2.45) is 0 Å². The molecule has 108 valence electrons. The molecule has 0 bridgehead atoms. The van der Waals surface area contributed by atoms with Crippen molar-refractivity contribution in [1.82, 2.24) is 15.2 Å². The Kier molecular flexibility index (Phi) is 4.13. The SMILES string of the molecule is O=C(C1COCCN1)N1CCN(c2ccccn2)CC1. The zero-order chi connectivity index (χ0) is 13.8. The molecule has 0 aromatic carbocycles. The van der Waals surface area contributed by atoms with Crippen LogP contribution in [0.3, 0.4) is 0 Å². The van der Waals surface area contributed by atoms with E-state index in [1.165, 1.54) is 0 Å². The summed E-state index contributed by atoms with van der Waals surface area (Å²) in [5, 5.41) is 3.22. The molecule has 1 atom stereocenters. The number of hydrogen-bond acceptors (Lipinski definition) is 5. The van der Waals surface area contributed by atoms with E-state index in [2.05, 4.69) is 15.2 Å². The summed E-state index contributed by atoms with van der Waals surface area (Å²) in [7, 11) is 0. The highest BCUT2D eigenvalue weighted by atomic mass is 16.5. The zero-order valence-corrected chi connectivity index (χ0v) is 11.5. The first-order chi connectivity index (χ1) is 9.84. The van der Waals surface area contributed by atoms with Crippen LogP contribution in [0.25, 0.3) is 0 Å². The van der Waals surface area contributed by atoms with E-state index in [4.69, 9.17) is 4.74 Å². The van der Waals surface area contributed by atoms with Gasteiger partial charge in [-0.15, -0.1) is 0 Å². The number of carbonyl (C=O) groups is 1. The van der Waals surface area contributed by atoms with Gasteiger partial charge in [-0.25, -0.2) is 4.98 Å². The normalized spacial score (nSPS) is 23.7. The molecule has 2 aliphatic rings. The summed E-state index contributed by atoms with van der Waals surface area (Å²) in [5.41, 5.74) is 0. The molecule has 0 spiro atoms. The number of nitrogens with one attached hydrogen (secondary N) is 1. The van der Waals surface area contributed by atoms with Gasteiger partial charge in [0.2, 0.25) is 5.91 Å². The van der Waals surface area contributed by atoms with Crippen LogP contribution < -0.4 is 10.2 Å². The number of anilines is 1. The van der Waals surface area contributed by atoms with Crippen molar-refractivity contribution in [3.63, 3.8) is 0 Å². The van der Waals surface area contributed by atoms with Crippen LogP contribution in [0, 0.1) is 0 Å². The smallest absolute Gasteiger partial charge is 0.242 e. The fourth-order valence-corrected chi connectivity index (χ4v) is 2.64. The number of morpholine rings is 1. The average Bonchev–Trinajstić information content (AvgIpc) is 2.56. The fraction of sp³-hybridized carbons (Fsp3) is 0.571. The van der Waals surface area contributed by atoms with Gasteiger partial charge in [0.25, 0.3) is 0 Å². The van der Waals surface area contributed by atoms with Gasteiger partial charge >= 0.3 is 0 Å². The number of rotatable bonds is 2. The van der Waals surface area contributed by atoms with E-state index in [1.807, 2.05) is 23.1 Å². The highest BCUT2D eigenvalue weighted by molar-refractivity contribution is 5.82. The molecule has 0 radical (unpaired) electrons. The van der Waals surface area contributed by atoms with Gasteiger partial charge in [-0.2, -0.15) is 0 Å². The summed E-state index contributed by atoms with van der Waals surface area (Å²) in [6, 6.07) is 5.74. The number of amides is 1. The Morgan fingerprint density at radius 1 is 1.30 bits per heavy atom. The molecule has 1 amide bonds. The summed E-state index contributed by atoms with van der Waals surface area (Å²) in [6.07, 6.45) is 1.80. The van der Waals surface area contributed by atoms with Crippen LogP contribution in [0.2, 0.25) is 0 Å². The van der Waals surface area contributed by atoms with Crippen LogP contribution in [0.4, 0.5) is 5.82 Å². The highest BCUT2D eigenvalue weighted by Crippen LogP contribution is 2.13. The summed E-state index contributed by atoms with van der Waals surface area (Å²) in [4.78, 5) is 20.8. The second-order valence-electron chi connectivity index (χ2n) is 5.08. The molecule has 2 fully saturated rings. The minimum Gasteiger partial charge on any atom is -0.378 e. The van der Waals surface area contributed by atoms with Gasteiger partial charge in [0.15, 0.2) is 0 Å². The second-order valence-corrected chi connectivity index (χ2v) is 5.08. The third-order valence-corrected chi connectivity index (χ3v) is 3.78. The first kappa shape index (κ1) is 13.3. The second kappa shape index (κ2) is 6.19. The molecule has 6 nitrogen and oxygen atoms in total. The van der Waals surface area contributed by atoms with Gasteiger partial charge in [0.1, 0.15) is 11.9 Å². The van der Waals surface area contributed by atoms with E-state index in [9.17, 15) is 4.79 Å². The van der Waals surface area contributed by atoms with Crippen molar-refractivity contribution in [2.45, 2.75) is 6.04 Å². The van der Waals surface area contributed by atoms with E-state index >= 15 is 0 Å². The van der Waals surface area contributed by atoms with Crippen molar-refractivity contribution >= 4 is 11.7 Å². The minimum atomic E-state index is -0.176. The third-order valence-electron chi connectivity index (χ3n) is 3.78. The number of piperazine rings is 1. The molecule has 1 aromatic heterocycles. The molecule has 1 aromatic rings. The monoisotopic (exact) mass is 276 g/mol. The Morgan fingerprint density at radius 3 is 2.80 bits per heavy atom. The zero-order valence-electron chi connectivity index (χ0n) is 11.5. The molecule has 3 rings (SSSR count). The molecule has 0 saturated carbocycles. The molecule has 0 aliphatic carbocycles. The van der Waals surface area contributed by atoms with E-state index in [-0.39, 0.29) is 11.9 Å². The Morgan fingerprint density at radius 2 is 2.15 bits per heavy atom. The van der Waals surface area contributed by atoms with Crippen LogP contribution in [-0.2, 0) is 9.53 Å². The number of nitrogens with zero attached hydrogens (tertiary/aromatic N) is 3. The largest absolute Gasteiger partial charge is 0.378 e. The van der Waals surface area contributed by atoms with Gasteiger partial charge < -0.3 is 19.9 Å². The van der Waals surface area contributed by atoms with Crippen molar-refractivity contribution in [3.8, 4) is 0 Å². The average molecular weight is 276 g/mol. The molecule has 1 unspecified atom stereocenters. The lowest BCUT2D eigenvalue weighted by molar-refractivity contribution is -0.136. The summed E-state index contributed by atoms with van der Waals surface area (Å²) >= 11 is 0. The van der Waals surface area contributed by atoms with Gasteiger partial charge in [-0.05, 0) is 12.1 Å². The number of aromatic nitrogens is 1. The first-order valence-corrected chi connectivity index (χ1v) is 7.10. The Bertz CT molecular complexity index is 440. The maximum atomic E-state index is 12.3. The molecule has 20 heavy (non-hydrogen) atoms. The van der Waals surface area contributed by atoms with E-state index in [1.54, 1.807) is 6.20 Å². The van der Waals surface area contributed by atoms with E-state index in [0.29, 0.717) is 13.2 Å². The van der Waals surface area contributed by atoms with Crippen LogP contribution in [0.5, 0.6) is 0 Å². The number of hydrogen-bond donors (Lipinski definition) is 1. The van der Waals surface area contributed by atoms with E-state index < -0.39 is 0 Å². The minimum absolute atomic E-state index is 0.158. The quantitative estimate of drug-likeness (QED) is 0.805. The number of ether oxygens (including phenoxy) is 1. The third kappa shape index (κ3) is 2.91.